The first-order valence-electron chi connectivity index (χ1n) is 5.03. The molecule has 2 N–H and O–H groups in total. The molecule has 0 amide bonds. The second kappa shape index (κ2) is 5.72. The van der Waals surface area contributed by atoms with Gasteiger partial charge in [0.05, 0.1) is 6.54 Å². The predicted molar refractivity (Wildman–Crippen MR) is 55.6 cm³/mol. The van der Waals surface area contributed by atoms with E-state index in [0.717, 1.165) is 38.4 Å². The number of hydrogen-bond acceptors (Lipinski definition) is 4. The lowest BCUT2D eigenvalue weighted by atomic mass is 10.3. The van der Waals surface area contributed by atoms with Crippen LogP contribution < -0.4 is 5.73 Å². The smallest absolute Gasteiger partial charge is 0.140 e. The minimum atomic E-state index is 0.745. The van der Waals surface area contributed by atoms with Crippen LogP contribution in [0.15, 0.2) is 6.33 Å². The Kier molecular flexibility index (Phi) is 4.55. The van der Waals surface area contributed by atoms with Crippen LogP contribution in [-0.2, 0) is 13.6 Å². The Morgan fingerprint density at radius 2 is 2.36 bits per heavy atom. The van der Waals surface area contributed by atoms with Gasteiger partial charge in [0.15, 0.2) is 0 Å². The van der Waals surface area contributed by atoms with Crippen LogP contribution in [-0.4, -0.2) is 39.3 Å². The predicted octanol–water partition coefficient (Wildman–Crippen LogP) is -0.0142. The summed E-state index contributed by atoms with van der Waals surface area (Å²) in [6.07, 6.45) is 2.62. The SMILES string of the molecule is CCN(CCCN)Cc1ncnn1C. The fourth-order valence-corrected chi connectivity index (χ4v) is 1.33. The highest BCUT2D eigenvalue weighted by atomic mass is 15.3. The molecule has 0 aromatic carbocycles. The molecule has 5 heteroatoms. The van der Waals surface area contributed by atoms with E-state index in [1.807, 2.05) is 11.7 Å². The van der Waals surface area contributed by atoms with Crippen molar-refractivity contribution in [1.29, 1.82) is 0 Å². The summed E-state index contributed by atoms with van der Waals surface area (Å²) >= 11 is 0. The summed E-state index contributed by atoms with van der Waals surface area (Å²) in [5.74, 6) is 1.00. The topological polar surface area (TPSA) is 60.0 Å². The van der Waals surface area contributed by atoms with Crippen molar-refractivity contribution >= 4 is 0 Å². The van der Waals surface area contributed by atoms with Gasteiger partial charge in [0.1, 0.15) is 12.2 Å². The van der Waals surface area contributed by atoms with Crippen molar-refractivity contribution < 1.29 is 0 Å². The summed E-state index contributed by atoms with van der Waals surface area (Å²) in [5.41, 5.74) is 5.47. The van der Waals surface area contributed by atoms with Crippen LogP contribution in [0.5, 0.6) is 0 Å². The van der Waals surface area contributed by atoms with Crippen LogP contribution in [0.25, 0.3) is 0 Å². The van der Waals surface area contributed by atoms with Crippen LogP contribution in [0.1, 0.15) is 19.2 Å². The maximum absolute atomic E-state index is 5.47. The highest BCUT2D eigenvalue weighted by Crippen LogP contribution is 1.99. The lowest BCUT2D eigenvalue weighted by Crippen LogP contribution is -2.27. The molecule has 1 rings (SSSR count). The molecule has 0 fully saturated rings. The Bertz CT molecular complexity index is 257. The number of nitrogens with two attached hydrogens (primary N) is 1. The van der Waals surface area contributed by atoms with Crippen LogP contribution in [0, 0.1) is 0 Å². The molecular weight excluding hydrogens is 178 g/mol. The average molecular weight is 197 g/mol. The zero-order chi connectivity index (χ0) is 10.4. The van der Waals surface area contributed by atoms with Gasteiger partial charge in [0.2, 0.25) is 0 Å². The highest BCUT2D eigenvalue weighted by molar-refractivity contribution is 4.83. The van der Waals surface area contributed by atoms with Gasteiger partial charge in [-0.3, -0.25) is 9.58 Å². The standard InChI is InChI=1S/C9H19N5/c1-3-14(6-4-5-10)7-9-11-8-12-13(9)2/h8H,3-7,10H2,1-2H3. The molecule has 0 spiro atoms. The molecule has 1 aromatic rings. The number of rotatable bonds is 6. The molecule has 0 atom stereocenters. The van der Waals surface area contributed by atoms with E-state index in [1.165, 1.54) is 0 Å². The van der Waals surface area contributed by atoms with Crippen molar-refractivity contribution in [2.24, 2.45) is 12.8 Å². The minimum Gasteiger partial charge on any atom is -0.330 e. The Balaban J connectivity index is 2.44. The molecule has 0 aliphatic rings. The maximum atomic E-state index is 5.47. The zero-order valence-electron chi connectivity index (χ0n) is 8.98. The molecule has 5 nitrogen and oxygen atoms in total. The van der Waals surface area contributed by atoms with Gasteiger partial charge in [-0.25, -0.2) is 4.98 Å². The largest absolute Gasteiger partial charge is 0.330 e. The van der Waals surface area contributed by atoms with Crippen molar-refractivity contribution in [1.82, 2.24) is 19.7 Å². The van der Waals surface area contributed by atoms with E-state index in [9.17, 15) is 0 Å². The van der Waals surface area contributed by atoms with Crippen LogP contribution in [0.3, 0.4) is 0 Å². The van der Waals surface area contributed by atoms with Crippen molar-refractivity contribution in [2.75, 3.05) is 19.6 Å². The molecule has 80 valence electrons. The van der Waals surface area contributed by atoms with E-state index in [1.54, 1.807) is 6.33 Å². The first-order valence-corrected chi connectivity index (χ1v) is 5.03. The first kappa shape index (κ1) is 11.1. The number of aryl methyl sites for hydroxylation is 1. The average Bonchev–Trinajstić information content (AvgIpc) is 2.59. The second-order valence-electron chi connectivity index (χ2n) is 3.31. The molecule has 0 bridgehead atoms. The van der Waals surface area contributed by atoms with Gasteiger partial charge in [0.25, 0.3) is 0 Å². The molecule has 0 unspecified atom stereocenters. The number of aromatic nitrogens is 3. The van der Waals surface area contributed by atoms with Crippen molar-refractivity contribution in [3.63, 3.8) is 0 Å². The lowest BCUT2D eigenvalue weighted by Gasteiger charge is -2.18. The zero-order valence-corrected chi connectivity index (χ0v) is 8.98. The molecule has 0 aliphatic heterocycles. The Labute approximate surface area is 84.9 Å². The third kappa shape index (κ3) is 3.08. The van der Waals surface area contributed by atoms with E-state index >= 15 is 0 Å². The number of hydrogen-bond donors (Lipinski definition) is 1. The van der Waals surface area contributed by atoms with Gasteiger partial charge in [-0.15, -0.1) is 0 Å². The van der Waals surface area contributed by atoms with E-state index in [4.69, 9.17) is 5.73 Å². The third-order valence-corrected chi connectivity index (χ3v) is 2.30. The van der Waals surface area contributed by atoms with Gasteiger partial charge in [-0.2, -0.15) is 5.10 Å². The fraction of sp³-hybridized carbons (Fsp3) is 0.778. The summed E-state index contributed by atoms with van der Waals surface area (Å²) < 4.78 is 1.81. The monoisotopic (exact) mass is 197 g/mol. The quantitative estimate of drug-likeness (QED) is 0.696. The van der Waals surface area contributed by atoms with Crippen LogP contribution >= 0.6 is 0 Å². The first-order chi connectivity index (χ1) is 6.77. The van der Waals surface area contributed by atoms with Gasteiger partial charge >= 0.3 is 0 Å². The molecule has 0 saturated heterocycles. The van der Waals surface area contributed by atoms with Gasteiger partial charge < -0.3 is 5.73 Å². The minimum absolute atomic E-state index is 0.745. The van der Waals surface area contributed by atoms with Crippen molar-refractivity contribution in [3.05, 3.63) is 12.2 Å². The molecule has 0 radical (unpaired) electrons. The third-order valence-electron chi connectivity index (χ3n) is 2.30. The summed E-state index contributed by atoms with van der Waals surface area (Å²) in [7, 11) is 1.92. The van der Waals surface area contributed by atoms with Gasteiger partial charge in [-0.05, 0) is 26.1 Å². The fourth-order valence-electron chi connectivity index (χ4n) is 1.33. The van der Waals surface area contributed by atoms with Crippen molar-refractivity contribution in [2.45, 2.75) is 19.9 Å². The van der Waals surface area contributed by atoms with Crippen LogP contribution in [0.4, 0.5) is 0 Å². The molecule has 14 heavy (non-hydrogen) atoms. The summed E-state index contributed by atoms with van der Waals surface area (Å²) in [4.78, 5) is 6.51. The maximum Gasteiger partial charge on any atom is 0.140 e. The Morgan fingerprint density at radius 3 is 2.86 bits per heavy atom. The lowest BCUT2D eigenvalue weighted by molar-refractivity contribution is 0.267. The summed E-state index contributed by atoms with van der Waals surface area (Å²) in [6, 6.07) is 0. The molecular formula is C9H19N5. The van der Waals surface area contributed by atoms with Gasteiger partial charge in [0, 0.05) is 7.05 Å². The summed E-state index contributed by atoms with van der Waals surface area (Å²) in [6.45, 7) is 5.79. The summed E-state index contributed by atoms with van der Waals surface area (Å²) in [5, 5.41) is 4.04. The molecule has 0 aliphatic carbocycles. The second-order valence-corrected chi connectivity index (χ2v) is 3.31. The number of nitrogens with zero attached hydrogens (tertiary/aromatic N) is 4. The highest BCUT2D eigenvalue weighted by Gasteiger charge is 2.06. The Hall–Kier alpha value is -0.940. The van der Waals surface area contributed by atoms with Crippen molar-refractivity contribution in [3.8, 4) is 0 Å². The van der Waals surface area contributed by atoms with E-state index in [2.05, 4.69) is 21.9 Å². The molecule has 1 heterocycles. The van der Waals surface area contributed by atoms with Gasteiger partial charge in [-0.1, -0.05) is 6.92 Å². The molecule has 1 aromatic heterocycles. The van der Waals surface area contributed by atoms with E-state index < -0.39 is 0 Å². The van der Waals surface area contributed by atoms with E-state index in [-0.39, 0.29) is 0 Å². The normalized spacial score (nSPS) is 11.1. The Morgan fingerprint density at radius 1 is 1.57 bits per heavy atom. The van der Waals surface area contributed by atoms with E-state index in [0.29, 0.717) is 0 Å². The van der Waals surface area contributed by atoms with Crippen LogP contribution in [0.2, 0.25) is 0 Å². The molecule has 0 saturated carbocycles.